The predicted molar refractivity (Wildman–Crippen MR) is 144 cm³/mol. The van der Waals surface area contributed by atoms with Gasteiger partial charge in [0.1, 0.15) is 18.1 Å². The van der Waals surface area contributed by atoms with Crippen LogP contribution < -0.4 is 10.1 Å². The first-order chi connectivity index (χ1) is 17.1. The van der Waals surface area contributed by atoms with Crippen molar-refractivity contribution in [3.05, 3.63) is 98.2 Å². The van der Waals surface area contributed by atoms with Crippen molar-refractivity contribution in [3.63, 3.8) is 0 Å². The van der Waals surface area contributed by atoms with Crippen LogP contribution in [-0.4, -0.2) is 15.7 Å². The Labute approximate surface area is 221 Å². The molecule has 0 atom stereocenters. The molecule has 4 rings (SSSR count). The van der Waals surface area contributed by atoms with E-state index >= 15 is 0 Å². The zero-order valence-electron chi connectivity index (χ0n) is 21.0. The van der Waals surface area contributed by atoms with Crippen molar-refractivity contribution in [3.8, 4) is 5.75 Å². The van der Waals surface area contributed by atoms with Crippen molar-refractivity contribution in [1.29, 1.82) is 0 Å². The lowest BCUT2D eigenvalue weighted by molar-refractivity contribution is 0.0992. The van der Waals surface area contributed by atoms with Gasteiger partial charge >= 0.3 is 0 Å². The lowest BCUT2D eigenvalue weighted by atomic mass is 10.0. The Morgan fingerprint density at radius 3 is 2.50 bits per heavy atom. The first-order valence-corrected chi connectivity index (χ1v) is 12.5. The predicted octanol–water partition coefficient (Wildman–Crippen LogP) is 7.71. The third-order valence-electron chi connectivity index (χ3n) is 6.04. The molecule has 1 N–H and O–H groups in total. The maximum Gasteiger partial charge on any atom is 0.291 e. The highest BCUT2D eigenvalue weighted by atomic mass is 35.5. The van der Waals surface area contributed by atoms with E-state index in [2.05, 4.69) is 36.4 Å². The van der Waals surface area contributed by atoms with Gasteiger partial charge in [0.15, 0.2) is 5.76 Å². The maximum atomic E-state index is 12.9. The number of halogens is 2. The summed E-state index contributed by atoms with van der Waals surface area (Å²) in [5.41, 5.74) is 5.11. The van der Waals surface area contributed by atoms with Gasteiger partial charge in [-0.05, 0) is 68.1 Å². The molecule has 0 saturated carbocycles. The molecule has 4 aromatic rings. The Morgan fingerprint density at radius 2 is 1.81 bits per heavy atom. The molecule has 2 aromatic heterocycles. The molecular weight excluding hydrogens is 497 g/mol. The van der Waals surface area contributed by atoms with Crippen LogP contribution in [0.15, 0.2) is 52.9 Å². The number of carbonyl (C=O) groups excluding carboxylic acids is 1. The number of nitrogens with one attached hydrogen (secondary N) is 1. The van der Waals surface area contributed by atoms with Crippen LogP contribution in [0, 0.1) is 20.8 Å². The fourth-order valence-electron chi connectivity index (χ4n) is 4.01. The zero-order chi connectivity index (χ0) is 26.0. The summed E-state index contributed by atoms with van der Waals surface area (Å²) >= 11 is 12.6. The van der Waals surface area contributed by atoms with E-state index in [9.17, 15) is 4.79 Å². The quantitative estimate of drug-likeness (QED) is 0.255. The van der Waals surface area contributed by atoms with Crippen molar-refractivity contribution in [2.45, 2.75) is 53.7 Å². The van der Waals surface area contributed by atoms with Gasteiger partial charge in [-0.1, -0.05) is 55.2 Å². The lowest BCUT2D eigenvalue weighted by Gasteiger charge is -2.14. The molecule has 0 aliphatic rings. The van der Waals surface area contributed by atoms with Gasteiger partial charge in [-0.15, -0.1) is 0 Å². The summed E-state index contributed by atoms with van der Waals surface area (Å²) in [5.74, 6) is 1.56. The molecule has 0 spiro atoms. The Kier molecular flexibility index (Phi) is 7.76. The average Bonchev–Trinajstić information content (AvgIpc) is 3.40. The van der Waals surface area contributed by atoms with Gasteiger partial charge in [0, 0.05) is 15.6 Å². The van der Waals surface area contributed by atoms with Gasteiger partial charge in [-0.25, -0.2) is 0 Å². The largest absolute Gasteiger partial charge is 0.485 e. The Bertz CT molecular complexity index is 1390. The third-order valence-corrected chi connectivity index (χ3v) is 6.74. The number of anilines is 1. The van der Waals surface area contributed by atoms with E-state index in [4.69, 9.17) is 32.4 Å². The number of hydrogen-bond acceptors (Lipinski definition) is 4. The number of carbonyl (C=O) groups is 1. The SMILES string of the molecule is Cc1ccc(C(C)C)c(OCc2ccc(C(=O)Nc3c(C)nn(Cc4c(Cl)cccc4Cl)c3C)o2)c1. The van der Waals surface area contributed by atoms with Crippen LogP contribution in [0.25, 0.3) is 0 Å². The number of hydrogen-bond donors (Lipinski definition) is 1. The maximum absolute atomic E-state index is 12.9. The molecule has 0 bridgehead atoms. The zero-order valence-corrected chi connectivity index (χ0v) is 22.5. The third kappa shape index (κ3) is 5.61. The van der Waals surface area contributed by atoms with Crippen LogP contribution >= 0.6 is 23.2 Å². The Balaban J connectivity index is 1.45. The summed E-state index contributed by atoms with van der Waals surface area (Å²) in [4.78, 5) is 12.9. The molecule has 2 aromatic carbocycles. The number of amides is 1. The van der Waals surface area contributed by atoms with Crippen LogP contribution in [0.2, 0.25) is 10.0 Å². The number of rotatable bonds is 8. The second-order valence-electron chi connectivity index (χ2n) is 9.11. The summed E-state index contributed by atoms with van der Waals surface area (Å²) in [6.07, 6.45) is 0. The van der Waals surface area contributed by atoms with E-state index in [1.165, 1.54) is 0 Å². The molecule has 0 unspecified atom stereocenters. The van der Waals surface area contributed by atoms with E-state index in [0.29, 0.717) is 39.6 Å². The smallest absolute Gasteiger partial charge is 0.291 e. The topological polar surface area (TPSA) is 69.3 Å². The summed E-state index contributed by atoms with van der Waals surface area (Å²) in [7, 11) is 0. The molecule has 6 nitrogen and oxygen atoms in total. The molecular formula is C28H29Cl2N3O3. The fourth-order valence-corrected chi connectivity index (χ4v) is 4.53. The minimum Gasteiger partial charge on any atom is -0.485 e. The monoisotopic (exact) mass is 525 g/mol. The van der Waals surface area contributed by atoms with Crippen LogP contribution in [0.5, 0.6) is 5.75 Å². The normalized spacial score (nSPS) is 11.2. The van der Waals surface area contributed by atoms with E-state index in [1.54, 1.807) is 35.0 Å². The molecule has 0 fully saturated rings. The van der Waals surface area contributed by atoms with E-state index in [-0.39, 0.29) is 18.3 Å². The van der Waals surface area contributed by atoms with Crippen LogP contribution in [0.4, 0.5) is 5.69 Å². The number of furan rings is 1. The number of nitrogens with zero attached hydrogens (tertiary/aromatic N) is 2. The first kappa shape index (κ1) is 25.9. The minimum atomic E-state index is -0.360. The highest BCUT2D eigenvalue weighted by Crippen LogP contribution is 2.29. The molecule has 0 aliphatic heterocycles. The molecule has 0 aliphatic carbocycles. The molecule has 2 heterocycles. The first-order valence-electron chi connectivity index (χ1n) is 11.7. The van der Waals surface area contributed by atoms with Gasteiger partial charge in [0.05, 0.1) is 23.6 Å². The number of ether oxygens (including phenoxy) is 1. The molecule has 188 valence electrons. The van der Waals surface area contributed by atoms with Crippen molar-refractivity contribution < 1.29 is 13.9 Å². The minimum absolute atomic E-state index is 0.197. The average molecular weight is 526 g/mol. The van der Waals surface area contributed by atoms with Crippen molar-refractivity contribution in [2.24, 2.45) is 0 Å². The molecule has 8 heteroatoms. The molecule has 0 radical (unpaired) electrons. The summed E-state index contributed by atoms with van der Waals surface area (Å²) in [6, 6.07) is 15.0. The molecule has 1 amide bonds. The highest BCUT2D eigenvalue weighted by Gasteiger charge is 2.19. The van der Waals surface area contributed by atoms with Crippen LogP contribution in [0.1, 0.15) is 64.2 Å². The van der Waals surface area contributed by atoms with Crippen molar-refractivity contribution in [2.75, 3.05) is 5.32 Å². The van der Waals surface area contributed by atoms with E-state index < -0.39 is 0 Å². The fraction of sp³-hybridized carbons (Fsp3) is 0.286. The highest BCUT2D eigenvalue weighted by molar-refractivity contribution is 6.36. The second kappa shape index (κ2) is 10.8. The number of aromatic nitrogens is 2. The second-order valence-corrected chi connectivity index (χ2v) is 9.92. The Morgan fingerprint density at radius 1 is 1.08 bits per heavy atom. The number of benzene rings is 2. The van der Waals surface area contributed by atoms with E-state index in [0.717, 1.165) is 28.1 Å². The molecule has 0 saturated heterocycles. The molecule has 36 heavy (non-hydrogen) atoms. The van der Waals surface area contributed by atoms with E-state index in [1.807, 2.05) is 26.8 Å². The number of aryl methyl sites for hydroxylation is 2. The van der Waals surface area contributed by atoms with Gasteiger partial charge in [-0.3, -0.25) is 9.48 Å². The summed E-state index contributed by atoms with van der Waals surface area (Å²) in [6.45, 7) is 10.6. The van der Waals surface area contributed by atoms with Crippen molar-refractivity contribution in [1.82, 2.24) is 9.78 Å². The van der Waals surface area contributed by atoms with Gasteiger partial charge in [0.25, 0.3) is 5.91 Å². The van der Waals surface area contributed by atoms with Crippen LogP contribution in [0.3, 0.4) is 0 Å². The van der Waals surface area contributed by atoms with Gasteiger partial charge in [0.2, 0.25) is 0 Å². The lowest BCUT2D eigenvalue weighted by Crippen LogP contribution is -2.12. The van der Waals surface area contributed by atoms with Crippen molar-refractivity contribution >= 4 is 34.8 Å². The Hall–Kier alpha value is -3.22. The standard InChI is InChI=1S/C28H29Cl2N3O3/c1-16(2)21-11-9-17(3)13-26(21)35-15-20-10-12-25(36-20)28(34)31-27-18(4)32-33(19(27)5)14-22-23(29)7-6-8-24(22)30/h6-13,16H,14-15H2,1-5H3,(H,31,34). The van der Waals surface area contributed by atoms with Gasteiger partial charge in [-0.2, -0.15) is 5.10 Å². The summed E-state index contributed by atoms with van der Waals surface area (Å²) in [5, 5.41) is 8.63. The van der Waals surface area contributed by atoms with Crippen LogP contribution in [-0.2, 0) is 13.2 Å². The van der Waals surface area contributed by atoms with Gasteiger partial charge < -0.3 is 14.5 Å². The summed E-state index contributed by atoms with van der Waals surface area (Å²) < 4.78 is 13.6.